The van der Waals surface area contributed by atoms with Gasteiger partial charge in [0, 0.05) is 5.39 Å². The van der Waals surface area contributed by atoms with Gasteiger partial charge in [0.25, 0.3) is 0 Å². The maximum absolute atomic E-state index is 13.1. The molecule has 29 heavy (non-hydrogen) atoms. The van der Waals surface area contributed by atoms with Crippen LogP contribution in [0.2, 0.25) is 0 Å². The van der Waals surface area contributed by atoms with Crippen LogP contribution in [0, 0.1) is 0 Å². The van der Waals surface area contributed by atoms with Crippen LogP contribution in [0.3, 0.4) is 0 Å². The molecule has 0 N–H and O–H groups in total. The van der Waals surface area contributed by atoms with Gasteiger partial charge >= 0.3 is 6.61 Å². The Morgan fingerprint density at radius 3 is 2.38 bits per heavy atom. The zero-order valence-corrected chi connectivity index (χ0v) is 17.0. The summed E-state index contributed by atoms with van der Waals surface area (Å²) >= 11 is 0. The number of unbranched alkanes of at least 4 members (excludes halogenated alkanes) is 2. The van der Waals surface area contributed by atoms with Crippen molar-refractivity contribution in [3.05, 3.63) is 78.4 Å². The lowest BCUT2D eigenvalue weighted by Crippen LogP contribution is -2.05. The molecule has 0 heterocycles. The second-order valence-corrected chi connectivity index (χ2v) is 7.35. The molecule has 3 aromatic carbocycles. The second kappa shape index (κ2) is 10.2. The number of ether oxygens (including phenoxy) is 1. The van der Waals surface area contributed by atoms with Crippen molar-refractivity contribution in [2.75, 3.05) is 0 Å². The van der Waals surface area contributed by atoms with E-state index in [1.807, 2.05) is 36.4 Å². The van der Waals surface area contributed by atoms with Gasteiger partial charge in [0.15, 0.2) is 0 Å². The Morgan fingerprint density at radius 1 is 0.931 bits per heavy atom. The minimum Gasteiger partial charge on any atom is -0.434 e. The number of hydrogen-bond acceptors (Lipinski definition) is 1. The third-order valence-corrected chi connectivity index (χ3v) is 5.23. The largest absolute Gasteiger partial charge is 0.434 e. The van der Waals surface area contributed by atoms with Gasteiger partial charge in [-0.25, -0.2) is 0 Å². The normalized spacial score (nSPS) is 11.2. The number of halogens is 2. The first kappa shape index (κ1) is 21.0. The minimum atomic E-state index is -2.83. The van der Waals surface area contributed by atoms with Crippen molar-refractivity contribution in [2.45, 2.75) is 52.1 Å². The van der Waals surface area contributed by atoms with E-state index in [9.17, 15) is 8.78 Å². The number of benzene rings is 3. The Hall–Kier alpha value is -2.68. The lowest BCUT2D eigenvalue weighted by molar-refractivity contribution is -0.0493. The number of allylic oxidation sites excluding steroid dienone is 1. The molecule has 0 fully saturated rings. The highest BCUT2D eigenvalue weighted by atomic mass is 19.3. The van der Waals surface area contributed by atoms with E-state index in [-0.39, 0.29) is 0 Å². The lowest BCUT2D eigenvalue weighted by atomic mass is 9.96. The predicted octanol–water partition coefficient (Wildman–Crippen LogP) is 7.96. The Kier molecular flexibility index (Phi) is 7.40. The van der Waals surface area contributed by atoms with E-state index in [4.69, 9.17) is 4.74 Å². The molecule has 3 heteroatoms. The summed E-state index contributed by atoms with van der Waals surface area (Å²) in [5.41, 5.74) is 4.30. The molecule has 0 aliphatic carbocycles. The van der Waals surface area contributed by atoms with E-state index in [0.717, 1.165) is 66.0 Å². The van der Waals surface area contributed by atoms with Gasteiger partial charge in [-0.05, 0) is 59.4 Å². The molecule has 3 rings (SSSR count). The first-order valence-corrected chi connectivity index (χ1v) is 10.3. The van der Waals surface area contributed by atoms with Crippen molar-refractivity contribution in [3.63, 3.8) is 0 Å². The number of aryl methyl sites for hydroxylation is 2. The third kappa shape index (κ3) is 5.44. The highest BCUT2D eigenvalue weighted by molar-refractivity contribution is 5.93. The van der Waals surface area contributed by atoms with Gasteiger partial charge in [0.05, 0.1) is 0 Å². The van der Waals surface area contributed by atoms with Gasteiger partial charge < -0.3 is 4.74 Å². The maximum atomic E-state index is 13.1. The third-order valence-electron chi connectivity index (χ3n) is 5.23. The van der Waals surface area contributed by atoms with Crippen LogP contribution in [0.25, 0.3) is 21.9 Å². The van der Waals surface area contributed by atoms with Crippen molar-refractivity contribution in [1.29, 1.82) is 0 Å². The number of hydrogen-bond donors (Lipinski definition) is 0. The molecule has 0 amide bonds. The summed E-state index contributed by atoms with van der Waals surface area (Å²) in [5.74, 6) is 0.319. The molecule has 0 radical (unpaired) electrons. The summed E-state index contributed by atoms with van der Waals surface area (Å²) in [7, 11) is 0. The molecular weight excluding hydrogens is 366 g/mol. The van der Waals surface area contributed by atoms with Gasteiger partial charge in [-0.1, -0.05) is 74.4 Å². The van der Waals surface area contributed by atoms with E-state index in [2.05, 4.69) is 37.8 Å². The molecule has 0 bridgehead atoms. The summed E-state index contributed by atoms with van der Waals surface area (Å²) in [6.07, 6.45) is 7.76. The Bertz CT molecular complexity index is 945. The average Bonchev–Trinajstić information content (AvgIpc) is 2.73. The van der Waals surface area contributed by atoms with E-state index >= 15 is 0 Å². The quantitative estimate of drug-likeness (QED) is 0.250. The molecule has 0 saturated carbocycles. The fourth-order valence-corrected chi connectivity index (χ4v) is 3.65. The molecule has 0 aliphatic rings. The molecule has 1 nitrogen and oxygen atoms in total. The zero-order chi connectivity index (χ0) is 20.6. The van der Waals surface area contributed by atoms with Crippen LogP contribution in [0.1, 0.15) is 43.7 Å². The van der Waals surface area contributed by atoms with Crippen molar-refractivity contribution >= 4 is 10.8 Å². The van der Waals surface area contributed by atoms with Gasteiger partial charge in [-0.3, -0.25) is 0 Å². The van der Waals surface area contributed by atoms with E-state index in [1.54, 1.807) is 0 Å². The van der Waals surface area contributed by atoms with Crippen molar-refractivity contribution in [2.24, 2.45) is 0 Å². The molecule has 0 aliphatic heterocycles. The fourth-order valence-electron chi connectivity index (χ4n) is 3.65. The van der Waals surface area contributed by atoms with Gasteiger partial charge in [-0.2, -0.15) is 8.78 Å². The van der Waals surface area contributed by atoms with Crippen LogP contribution in [0.4, 0.5) is 8.78 Å². The number of fused-ring (bicyclic) bond motifs is 1. The average molecular weight is 395 g/mol. The molecule has 0 atom stereocenters. The molecule has 152 valence electrons. The van der Waals surface area contributed by atoms with Crippen LogP contribution < -0.4 is 4.74 Å². The van der Waals surface area contributed by atoms with E-state index in [1.165, 1.54) is 5.56 Å². The zero-order valence-electron chi connectivity index (χ0n) is 17.0. The monoisotopic (exact) mass is 394 g/mol. The molecular formula is C26H28F2O. The van der Waals surface area contributed by atoms with Gasteiger partial charge in [-0.15, -0.1) is 6.58 Å². The highest BCUT2D eigenvalue weighted by Gasteiger charge is 2.14. The first-order chi connectivity index (χ1) is 14.1. The SMILES string of the molecule is C=CCCc1ccc(-c2ccc3c(OC(F)F)c(CCCCC)ccc3c2)cc1. The molecule has 0 spiro atoms. The van der Waals surface area contributed by atoms with E-state index < -0.39 is 6.61 Å². The van der Waals surface area contributed by atoms with Crippen molar-refractivity contribution in [1.82, 2.24) is 0 Å². The number of rotatable bonds is 10. The summed E-state index contributed by atoms with van der Waals surface area (Å²) in [6.45, 7) is 3.07. The Balaban J connectivity index is 1.93. The van der Waals surface area contributed by atoms with Crippen molar-refractivity contribution in [3.8, 4) is 16.9 Å². The molecule has 0 unspecified atom stereocenters. The standard InChI is InChI=1S/C26H28F2O/c1-3-5-7-9-21-14-15-23-18-22(16-17-24(23)25(21)29-26(27)28)20-12-10-19(11-13-20)8-6-4-2/h4,10-18,26H,2-3,5-9H2,1H3. The topological polar surface area (TPSA) is 9.23 Å². The lowest BCUT2D eigenvalue weighted by Gasteiger charge is -2.15. The van der Waals surface area contributed by atoms with Crippen LogP contribution in [0.5, 0.6) is 5.75 Å². The van der Waals surface area contributed by atoms with Crippen LogP contribution >= 0.6 is 0 Å². The Morgan fingerprint density at radius 2 is 1.69 bits per heavy atom. The van der Waals surface area contributed by atoms with Crippen LogP contribution in [0.15, 0.2) is 67.3 Å². The second-order valence-electron chi connectivity index (χ2n) is 7.35. The molecule has 3 aromatic rings. The summed E-state index contributed by atoms with van der Waals surface area (Å²) in [4.78, 5) is 0. The predicted molar refractivity (Wildman–Crippen MR) is 118 cm³/mol. The summed E-state index contributed by atoms with van der Waals surface area (Å²) in [6, 6.07) is 18.3. The van der Waals surface area contributed by atoms with Gasteiger partial charge in [0.1, 0.15) is 5.75 Å². The molecule has 0 saturated heterocycles. The van der Waals surface area contributed by atoms with E-state index in [0.29, 0.717) is 5.75 Å². The number of alkyl halides is 2. The maximum Gasteiger partial charge on any atom is 0.387 e. The van der Waals surface area contributed by atoms with Gasteiger partial charge in [0.2, 0.25) is 0 Å². The van der Waals surface area contributed by atoms with Crippen LogP contribution in [-0.4, -0.2) is 6.61 Å². The van der Waals surface area contributed by atoms with Crippen molar-refractivity contribution < 1.29 is 13.5 Å². The van der Waals surface area contributed by atoms with Crippen LogP contribution in [-0.2, 0) is 12.8 Å². The smallest absolute Gasteiger partial charge is 0.387 e. The fraction of sp³-hybridized carbons (Fsp3) is 0.308. The first-order valence-electron chi connectivity index (χ1n) is 10.3. The molecule has 0 aromatic heterocycles. The summed E-state index contributed by atoms with van der Waals surface area (Å²) < 4.78 is 31.1. The highest BCUT2D eigenvalue weighted by Crippen LogP contribution is 2.35. The Labute approximate surface area is 172 Å². The summed E-state index contributed by atoms with van der Waals surface area (Å²) in [5, 5.41) is 1.65. The minimum absolute atomic E-state index is 0.319.